The number of carboxylic acids is 1. The van der Waals surface area contributed by atoms with Crippen molar-refractivity contribution >= 4 is 28.5 Å². The van der Waals surface area contributed by atoms with Crippen LogP contribution in [0.15, 0.2) is 65.5 Å². The minimum Gasteiger partial charge on any atom is -0.508 e. The quantitative estimate of drug-likeness (QED) is 0.259. The predicted molar refractivity (Wildman–Crippen MR) is 144 cm³/mol. The number of phenolic OH excluding ortho intramolecular Hbond substituents is 1. The van der Waals surface area contributed by atoms with E-state index in [-0.39, 0.29) is 12.2 Å². The average Bonchev–Trinajstić information content (AvgIpc) is 3.66. The summed E-state index contributed by atoms with van der Waals surface area (Å²) >= 11 is 0. The van der Waals surface area contributed by atoms with Crippen LogP contribution in [-0.2, 0) is 4.79 Å². The Kier molecular flexibility index (Phi) is 6.44. The molecule has 1 saturated carbocycles. The molecule has 2 aromatic heterocycles. The second-order valence-electron chi connectivity index (χ2n) is 10.3. The molecule has 1 fully saturated rings. The zero-order valence-corrected chi connectivity index (χ0v) is 21.2. The number of hydrogen-bond donors (Lipinski definition) is 4. The number of carbonyl (C=O) groups excluding carboxylic acids is 1. The van der Waals surface area contributed by atoms with E-state index in [4.69, 9.17) is 9.40 Å². The summed E-state index contributed by atoms with van der Waals surface area (Å²) < 4.78 is 7.56. The fourth-order valence-corrected chi connectivity index (χ4v) is 5.83. The van der Waals surface area contributed by atoms with Gasteiger partial charge in [0.15, 0.2) is 0 Å². The first-order valence-electron chi connectivity index (χ1n) is 13.2. The molecule has 0 bridgehead atoms. The highest BCUT2D eigenvalue weighted by Gasteiger charge is 2.29. The number of aromatic hydroxyl groups is 1. The monoisotopic (exact) mass is 527 g/mol. The first-order chi connectivity index (χ1) is 18.9. The number of furan rings is 1. The summed E-state index contributed by atoms with van der Waals surface area (Å²) in [5, 5.41) is 32.7. The van der Waals surface area contributed by atoms with Crippen LogP contribution in [0.2, 0.25) is 0 Å². The molecule has 200 valence electrons. The van der Waals surface area contributed by atoms with Gasteiger partial charge in [0.25, 0.3) is 5.91 Å². The van der Waals surface area contributed by atoms with Crippen LogP contribution in [0.1, 0.15) is 72.2 Å². The number of nitrogens with zero attached hydrogens (tertiary/aromatic N) is 2. The maximum Gasteiger partial charge on any atom is 0.326 e. The van der Waals surface area contributed by atoms with E-state index in [9.17, 15) is 24.9 Å². The number of benzene rings is 2. The lowest BCUT2D eigenvalue weighted by atomic mass is 9.95. The van der Waals surface area contributed by atoms with Crippen molar-refractivity contribution in [1.82, 2.24) is 14.9 Å². The van der Waals surface area contributed by atoms with Crippen molar-refractivity contribution in [2.45, 2.75) is 56.7 Å². The minimum atomic E-state index is -1.23. The van der Waals surface area contributed by atoms with Crippen molar-refractivity contribution in [3.8, 4) is 17.1 Å². The Morgan fingerprint density at radius 1 is 1.10 bits per heavy atom. The Bertz CT molecular complexity index is 1580. The number of aromatic nitrogens is 2. The standard InChI is InChI=1S/C30H29N3O6/c34-21-7-8-22-23(15-21)19(14-27(22)35)13-25(30(37)38)32-29(36)17-6-9-26-24(12-17)31-28(18-10-11-39-16-18)33(26)20-4-2-1-3-5-20/h6-12,14-16,20,25,27,34-35H,1-5,13H2,(H,32,36)(H,37,38)/t25-,27-/m0/s1. The van der Waals surface area contributed by atoms with Gasteiger partial charge in [-0.05, 0) is 72.0 Å². The van der Waals surface area contributed by atoms with Gasteiger partial charge in [0.1, 0.15) is 23.9 Å². The van der Waals surface area contributed by atoms with Gasteiger partial charge in [-0.15, -0.1) is 0 Å². The Balaban J connectivity index is 1.28. The number of aliphatic hydroxyl groups excluding tert-OH is 1. The van der Waals surface area contributed by atoms with Crippen LogP contribution in [0.3, 0.4) is 0 Å². The van der Waals surface area contributed by atoms with Gasteiger partial charge in [0.2, 0.25) is 0 Å². The molecule has 4 aromatic rings. The van der Waals surface area contributed by atoms with Crippen molar-refractivity contribution in [2.75, 3.05) is 0 Å². The third-order valence-corrected chi connectivity index (χ3v) is 7.76. The van der Waals surface area contributed by atoms with Crippen molar-refractivity contribution in [3.63, 3.8) is 0 Å². The van der Waals surface area contributed by atoms with Crippen molar-refractivity contribution in [1.29, 1.82) is 0 Å². The molecule has 39 heavy (non-hydrogen) atoms. The number of carbonyl (C=O) groups is 2. The van der Waals surface area contributed by atoms with Crippen molar-refractivity contribution < 1.29 is 29.3 Å². The summed E-state index contributed by atoms with van der Waals surface area (Å²) in [4.78, 5) is 30.2. The fourth-order valence-electron chi connectivity index (χ4n) is 5.83. The van der Waals surface area contributed by atoms with E-state index in [2.05, 4.69) is 9.88 Å². The maximum atomic E-state index is 13.2. The molecule has 2 aliphatic rings. The van der Waals surface area contributed by atoms with Crippen molar-refractivity contribution in [2.24, 2.45) is 0 Å². The SMILES string of the molecule is O=C(N[C@@H](CC1=C[C@H](O)c2ccc(O)cc21)C(=O)O)c1ccc2c(c1)nc(-c1ccoc1)n2C1CCCCC1. The first kappa shape index (κ1) is 24.9. The van der Waals surface area contributed by atoms with E-state index in [1.54, 1.807) is 36.8 Å². The van der Waals surface area contributed by atoms with Gasteiger partial charge in [0.05, 0.1) is 29.0 Å². The average molecular weight is 528 g/mol. The zero-order valence-electron chi connectivity index (χ0n) is 21.2. The summed E-state index contributed by atoms with van der Waals surface area (Å²) in [5.74, 6) is -0.922. The van der Waals surface area contributed by atoms with Gasteiger partial charge in [-0.3, -0.25) is 4.79 Å². The summed E-state index contributed by atoms with van der Waals surface area (Å²) in [7, 11) is 0. The molecule has 4 N–H and O–H groups in total. The summed E-state index contributed by atoms with van der Waals surface area (Å²) in [5.41, 5.74) is 4.46. The van der Waals surface area contributed by atoms with Crippen molar-refractivity contribution in [3.05, 3.63) is 77.8 Å². The smallest absolute Gasteiger partial charge is 0.326 e. The number of phenols is 1. The number of aliphatic carboxylic acids is 1. The molecule has 0 radical (unpaired) electrons. The van der Waals surface area contributed by atoms with E-state index in [0.717, 1.165) is 42.6 Å². The predicted octanol–water partition coefficient (Wildman–Crippen LogP) is 5.21. The summed E-state index contributed by atoms with van der Waals surface area (Å²) in [6.45, 7) is 0. The van der Waals surface area contributed by atoms with Crippen LogP contribution < -0.4 is 5.32 Å². The lowest BCUT2D eigenvalue weighted by Crippen LogP contribution is -2.40. The van der Waals surface area contributed by atoms with Gasteiger partial charge in [-0.2, -0.15) is 0 Å². The number of hydrogen-bond acceptors (Lipinski definition) is 6. The van der Waals surface area contributed by atoms with Gasteiger partial charge in [-0.1, -0.05) is 25.3 Å². The first-order valence-corrected chi connectivity index (χ1v) is 13.2. The largest absolute Gasteiger partial charge is 0.508 e. The molecule has 2 aromatic carbocycles. The number of imidazole rings is 1. The summed E-state index contributed by atoms with van der Waals surface area (Å²) in [6.07, 6.45) is 9.54. The fraction of sp³-hybridized carbons (Fsp3) is 0.300. The van der Waals surface area contributed by atoms with Crippen LogP contribution in [-0.4, -0.2) is 42.8 Å². The normalized spacial score (nSPS) is 18.1. The minimum absolute atomic E-state index is 0.0143. The number of fused-ring (bicyclic) bond motifs is 2. The number of amides is 1. The Labute approximate surface area is 224 Å². The van der Waals surface area contributed by atoms with E-state index in [1.165, 1.54) is 18.6 Å². The second-order valence-corrected chi connectivity index (χ2v) is 10.3. The van der Waals surface area contributed by atoms with E-state index in [1.807, 2.05) is 12.1 Å². The van der Waals surface area contributed by atoms with E-state index >= 15 is 0 Å². The zero-order chi connectivity index (χ0) is 27.1. The molecule has 9 nitrogen and oxygen atoms in total. The topological polar surface area (TPSA) is 138 Å². The molecule has 0 unspecified atom stereocenters. The summed E-state index contributed by atoms with van der Waals surface area (Å²) in [6, 6.07) is 10.8. The van der Waals surface area contributed by atoms with E-state index in [0.29, 0.717) is 33.8 Å². The number of carboxylic acid groups (broad SMARTS) is 1. The van der Waals surface area contributed by atoms with Crippen LogP contribution >= 0.6 is 0 Å². The maximum absolute atomic E-state index is 13.2. The van der Waals surface area contributed by atoms with Gasteiger partial charge in [-0.25, -0.2) is 9.78 Å². The highest BCUT2D eigenvalue weighted by molar-refractivity contribution is 6.00. The molecular formula is C30H29N3O6. The highest BCUT2D eigenvalue weighted by atomic mass is 16.4. The molecule has 2 atom stereocenters. The third-order valence-electron chi connectivity index (χ3n) is 7.76. The van der Waals surface area contributed by atoms with E-state index < -0.39 is 24.0 Å². The Morgan fingerprint density at radius 3 is 2.67 bits per heavy atom. The number of aliphatic hydroxyl groups is 1. The molecule has 0 spiro atoms. The third kappa shape index (κ3) is 4.70. The lowest BCUT2D eigenvalue weighted by molar-refractivity contribution is -0.139. The van der Waals surface area contributed by atoms with Crippen LogP contribution in [0, 0.1) is 0 Å². The Morgan fingerprint density at radius 2 is 1.92 bits per heavy atom. The van der Waals surface area contributed by atoms with Crippen LogP contribution in [0.5, 0.6) is 5.75 Å². The van der Waals surface area contributed by atoms with Crippen LogP contribution in [0.4, 0.5) is 0 Å². The number of rotatable bonds is 7. The molecule has 1 amide bonds. The molecule has 0 saturated heterocycles. The molecule has 6 rings (SSSR count). The highest BCUT2D eigenvalue weighted by Crippen LogP contribution is 2.39. The van der Waals surface area contributed by atoms with Crippen LogP contribution in [0.25, 0.3) is 28.0 Å². The molecule has 2 aliphatic carbocycles. The van der Waals surface area contributed by atoms with Gasteiger partial charge in [0, 0.05) is 18.0 Å². The van der Waals surface area contributed by atoms with Gasteiger partial charge >= 0.3 is 5.97 Å². The molecule has 2 heterocycles. The number of nitrogens with one attached hydrogen (secondary N) is 1. The molecule has 0 aliphatic heterocycles. The second kappa shape index (κ2) is 10.1. The molecule has 9 heteroatoms. The lowest BCUT2D eigenvalue weighted by Gasteiger charge is -2.25. The molecular weight excluding hydrogens is 498 g/mol. The Hall–Kier alpha value is -4.37. The van der Waals surface area contributed by atoms with Gasteiger partial charge < -0.3 is 29.6 Å².